The second-order valence-electron chi connectivity index (χ2n) is 4.10. The zero-order valence-corrected chi connectivity index (χ0v) is 8.59. The van der Waals surface area contributed by atoms with Gasteiger partial charge in [0.2, 0.25) is 0 Å². The Hall–Kier alpha value is -1.25. The molecule has 0 unspecified atom stereocenters. The van der Waals surface area contributed by atoms with Crippen LogP contribution >= 0.6 is 0 Å². The molecule has 1 aromatic rings. The Kier molecular flexibility index (Phi) is 2.57. The third kappa shape index (κ3) is 1.97. The largest absolute Gasteiger partial charge is 0.397 e. The highest BCUT2D eigenvalue weighted by Crippen LogP contribution is 2.26. The van der Waals surface area contributed by atoms with E-state index < -0.39 is 0 Å². The molecule has 0 bridgehead atoms. The first kappa shape index (κ1) is 9.31. The fourth-order valence-corrected chi connectivity index (χ4v) is 1.61. The lowest BCUT2D eigenvalue weighted by molar-refractivity contribution is 0.333. The number of hydrogen-bond donors (Lipinski definition) is 2. The molecule has 1 aliphatic carbocycles. The third-order valence-electron chi connectivity index (χ3n) is 2.95. The third-order valence-corrected chi connectivity index (χ3v) is 2.95. The second kappa shape index (κ2) is 3.86. The molecule has 1 aliphatic rings. The average molecular weight is 191 g/mol. The zero-order chi connectivity index (χ0) is 9.97. The molecular weight excluding hydrogens is 174 g/mol. The molecular formula is C11H17N3. The topological polar surface area (TPSA) is 50.9 Å². The van der Waals surface area contributed by atoms with Crippen LogP contribution in [0.15, 0.2) is 12.3 Å². The van der Waals surface area contributed by atoms with E-state index in [9.17, 15) is 0 Å². The van der Waals surface area contributed by atoms with Gasteiger partial charge in [0.1, 0.15) is 5.82 Å². The minimum absolute atomic E-state index is 0.763. The van der Waals surface area contributed by atoms with Crippen molar-refractivity contribution in [1.82, 2.24) is 4.98 Å². The van der Waals surface area contributed by atoms with E-state index >= 15 is 0 Å². The summed E-state index contributed by atoms with van der Waals surface area (Å²) in [4.78, 5) is 4.23. The lowest BCUT2D eigenvalue weighted by Crippen LogP contribution is -2.21. The minimum Gasteiger partial charge on any atom is -0.397 e. The van der Waals surface area contributed by atoms with Gasteiger partial charge in [0.05, 0.1) is 11.9 Å². The number of nitrogens with two attached hydrogens (primary N) is 1. The van der Waals surface area contributed by atoms with Gasteiger partial charge in [-0.2, -0.15) is 0 Å². The molecule has 3 nitrogen and oxygen atoms in total. The highest BCUT2D eigenvalue weighted by atomic mass is 15.0. The molecule has 1 fully saturated rings. The van der Waals surface area contributed by atoms with Crippen molar-refractivity contribution in [3.8, 4) is 0 Å². The normalized spacial score (nSPS) is 16.4. The van der Waals surface area contributed by atoms with E-state index in [1.54, 1.807) is 6.20 Å². The molecule has 3 heteroatoms. The number of aryl methyl sites for hydroxylation is 1. The fraction of sp³-hybridized carbons (Fsp3) is 0.545. The van der Waals surface area contributed by atoms with Crippen molar-refractivity contribution in [1.29, 1.82) is 0 Å². The summed E-state index contributed by atoms with van der Waals surface area (Å²) in [6.07, 6.45) is 5.83. The molecule has 0 amide bonds. The summed E-state index contributed by atoms with van der Waals surface area (Å²) in [5.74, 6) is 1.80. The number of anilines is 2. The van der Waals surface area contributed by atoms with Gasteiger partial charge in [0.15, 0.2) is 0 Å². The minimum atomic E-state index is 0.763. The van der Waals surface area contributed by atoms with E-state index in [4.69, 9.17) is 5.73 Å². The fourth-order valence-electron chi connectivity index (χ4n) is 1.61. The molecule has 14 heavy (non-hydrogen) atoms. The van der Waals surface area contributed by atoms with E-state index in [0.29, 0.717) is 0 Å². The van der Waals surface area contributed by atoms with Crippen molar-refractivity contribution < 1.29 is 0 Å². The SMILES string of the molecule is Cc1cc(NCC2CCC2)ncc1N. The van der Waals surface area contributed by atoms with Crippen LogP contribution in [0.2, 0.25) is 0 Å². The molecule has 0 aromatic carbocycles. The van der Waals surface area contributed by atoms with Crippen molar-refractivity contribution in [3.05, 3.63) is 17.8 Å². The first-order valence-corrected chi connectivity index (χ1v) is 5.21. The molecule has 0 saturated heterocycles. The number of hydrogen-bond acceptors (Lipinski definition) is 3. The molecule has 3 N–H and O–H groups in total. The van der Waals surface area contributed by atoms with Gasteiger partial charge in [0.25, 0.3) is 0 Å². The molecule has 2 rings (SSSR count). The van der Waals surface area contributed by atoms with Gasteiger partial charge in [-0.3, -0.25) is 0 Å². The number of rotatable bonds is 3. The van der Waals surface area contributed by atoms with Crippen LogP contribution in [-0.2, 0) is 0 Å². The number of aromatic nitrogens is 1. The standard InChI is InChI=1S/C11H17N3/c1-8-5-11(14-7-10(8)12)13-6-9-3-2-4-9/h5,7,9H,2-4,6,12H2,1H3,(H,13,14). The van der Waals surface area contributed by atoms with Crippen LogP contribution in [0.5, 0.6) is 0 Å². The summed E-state index contributed by atoms with van der Waals surface area (Å²) in [7, 11) is 0. The smallest absolute Gasteiger partial charge is 0.126 e. The van der Waals surface area contributed by atoms with E-state index in [1.807, 2.05) is 13.0 Å². The Bertz CT molecular complexity index is 318. The van der Waals surface area contributed by atoms with Gasteiger partial charge in [-0.1, -0.05) is 6.42 Å². The van der Waals surface area contributed by atoms with E-state index in [2.05, 4.69) is 10.3 Å². The maximum Gasteiger partial charge on any atom is 0.126 e. The summed E-state index contributed by atoms with van der Waals surface area (Å²) in [5.41, 5.74) is 7.55. The van der Waals surface area contributed by atoms with Crippen molar-refractivity contribution >= 4 is 11.5 Å². The molecule has 0 radical (unpaired) electrons. The van der Waals surface area contributed by atoms with E-state index in [1.165, 1.54) is 19.3 Å². The van der Waals surface area contributed by atoms with Crippen molar-refractivity contribution in [2.75, 3.05) is 17.6 Å². The zero-order valence-electron chi connectivity index (χ0n) is 8.59. The van der Waals surface area contributed by atoms with Gasteiger partial charge < -0.3 is 11.1 Å². The number of nitrogens with one attached hydrogen (secondary N) is 1. The van der Waals surface area contributed by atoms with Gasteiger partial charge in [0, 0.05) is 6.54 Å². The number of nitrogens with zero attached hydrogens (tertiary/aromatic N) is 1. The van der Waals surface area contributed by atoms with Crippen LogP contribution in [0.25, 0.3) is 0 Å². The van der Waals surface area contributed by atoms with Gasteiger partial charge >= 0.3 is 0 Å². The predicted molar refractivity (Wildman–Crippen MR) is 59.2 cm³/mol. The molecule has 1 saturated carbocycles. The molecule has 0 aliphatic heterocycles. The van der Waals surface area contributed by atoms with Crippen LogP contribution in [0.3, 0.4) is 0 Å². The van der Waals surface area contributed by atoms with Crippen LogP contribution in [0, 0.1) is 12.8 Å². The Morgan fingerprint density at radius 3 is 2.93 bits per heavy atom. The summed E-state index contributed by atoms with van der Waals surface area (Å²) in [5, 5.41) is 3.35. The highest BCUT2D eigenvalue weighted by Gasteiger charge is 2.16. The summed E-state index contributed by atoms with van der Waals surface area (Å²) < 4.78 is 0. The van der Waals surface area contributed by atoms with Crippen molar-refractivity contribution in [2.45, 2.75) is 26.2 Å². The first-order chi connectivity index (χ1) is 6.75. The number of nitrogen functional groups attached to an aromatic ring is 1. The van der Waals surface area contributed by atoms with Gasteiger partial charge in [-0.05, 0) is 37.3 Å². The maximum absolute atomic E-state index is 5.69. The number of pyridine rings is 1. The van der Waals surface area contributed by atoms with Gasteiger partial charge in [-0.25, -0.2) is 4.98 Å². The van der Waals surface area contributed by atoms with Crippen LogP contribution < -0.4 is 11.1 Å². The second-order valence-corrected chi connectivity index (χ2v) is 4.10. The Balaban J connectivity index is 1.91. The summed E-state index contributed by atoms with van der Waals surface area (Å²) in [6, 6.07) is 2.01. The average Bonchev–Trinajstić information content (AvgIpc) is 2.08. The molecule has 0 spiro atoms. The summed E-state index contributed by atoms with van der Waals surface area (Å²) >= 11 is 0. The molecule has 76 valence electrons. The Morgan fingerprint density at radius 2 is 2.36 bits per heavy atom. The maximum atomic E-state index is 5.69. The van der Waals surface area contributed by atoms with Crippen LogP contribution in [0.4, 0.5) is 11.5 Å². The predicted octanol–water partition coefficient (Wildman–Crippen LogP) is 2.18. The summed E-state index contributed by atoms with van der Waals surface area (Å²) in [6.45, 7) is 3.06. The quantitative estimate of drug-likeness (QED) is 0.770. The van der Waals surface area contributed by atoms with E-state index in [0.717, 1.165) is 29.5 Å². The van der Waals surface area contributed by atoms with Crippen LogP contribution in [0.1, 0.15) is 24.8 Å². The lowest BCUT2D eigenvalue weighted by Gasteiger charge is -2.25. The lowest BCUT2D eigenvalue weighted by atomic mass is 9.85. The van der Waals surface area contributed by atoms with Crippen molar-refractivity contribution in [2.24, 2.45) is 5.92 Å². The monoisotopic (exact) mass is 191 g/mol. The van der Waals surface area contributed by atoms with Crippen LogP contribution in [-0.4, -0.2) is 11.5 Å². The first-order valence-electron chi connectivity index (χ1n) is 5.21. The Morgan fingerprint density at radius 1 is 1.57 bits per heavy atom. The molecule has 1 heterocycles. The van der Waals surface area contributed by atoms with Crippen molar-refractivity contribution in [3.63, 3.8) is 0 Å². The molecule has 0 atom stereocenters. The highest BCUT2D eigenvalue weighted by molar-refractivity contribution is 5.50. The Labute approximate surface area is 84.7 Å². The molecule has 1 aromatic heterocycles. The van der Waals surface area contributed by atoms with E-state index in [-0.39, 0.29) is 0 Å². The van der Waals surface area contributed by atoms with Gasteiger partial charge in [-0.15, -0.1) is 0 Å².